The average Bonchev–Trinajstić information content (AvgIpc) is 3.19. The molecule has 0 bridgehead atoms. The standard InChI is InChI=1S/C21H23ClN4O4S/c1-4-30-19-10-9-17(11-20(19)31(28,29)25(2)3)24-21(27)16-12-23-26(14-16)13-15-7-5-6-8-18(15)22/h5-12,14H,4,13H2,1-3H3,(H,24,27). The fourth-order valence-electron chi connectivity index (χ4n) is 2.83. The van der Waals surface area contributed by atoms with Crippen LogP contribution < -0.4 is 10.1 Å². The van der Waals surface area contributed by atoms with Crippen molar-refractivity contribution in [1.82, 2.24) is 14.1 Å². The number of carbonyl (C=O) groups is 1. The number of hydrogen-bond donors (Lipinski definition) is 1. The third kappa shape index (κ3) is 5.25. The summed E-state index contributed by atoms with van der Waals surface area (Å²) in [5, 5.41) is 7.54. The van der Waals surface area contributed by atoms with E-state index in [2.05, 4.69) is 10.4 Å². The van der Waals surface area contributed by atoms with Crippen molar-refractivity contribution >= 4 is 33.2 Å². The number of amides is 1. The van der Waals surface area contributed by atoms with Gasteiger partial charge in [0.15, 0.2) is 0 Å². The zero-order valence-corrected chi connectivity index (χ0v) is 18.9. The van der Waals surface area contributed by atoms with Gasteiger partial charge in [-0.05, 0) is 36.8 Å². The van der Waals surface area contributed by atoms with E-state index >= 15 is 0 Å². The number of halogens is 1. The van der Waals surface area contributed by atoms with Crippen molar-refractivity contribution in [3.8, 4) is 5.75 Å². The van der Waals surface area contributed by atoms with Crippen LogP contribution in [0.4, 0.5) is 5.69 Å². The molecule has 0 saturated heterocycles. The summed E-state index contributed by atoms with van der Waals surface area (Å²) in [5.74, 6) is -0.190. The van der Waals surface area contributed by atoms with Crippen LogP contribution in [-0.4, -0.2) is 49.1 Å². The smallest absolute Gasteiger partial charge is 0.258 e. The molecule has 2 aromatic carbocycles. The van der Waals surface area contributed by atoms with Gasteiger partial charge in [0.2, 0.25) is 10.0 Å². The summed E-state index contributed by atoms with van der Waals surface area (Å²) in [6.45, 7) is 2.50. The van der Waals surface area contributed by atoms with Crippen LogP contribution >= 0.6 is 11.6 Å². The quantitative estimate of drug-likeness (QED) is 0.553. The summed E-state index contributed by atoms with van der Waals surface area (Å²) in [6, 6.07) is 11.9. The topological polar surface area (TPSA) is 93.5 Å². The van der Waals surface area contributed by atoms with Crippen LogP contribution in [-0.2, 0) is 16.6 Å². The number of nitrogens with zero attached hydrogens (tertiary/aromatic N) is 3. The molecule has 0 radical (unpaired) electrons. The highest BCUT2D eigenvalue weighted by atomic mass is 35.5. The molecule has 8 nitrogen and oxygen atoms in total. The zero-order valence-electron chi connectivity index (χ0n) is 17.4. The lowest BCUT2D eigenvalue weighted by Gasteiger charge is -2.16. The minimum Gasteiger partial charge on any atom is -0.492 e. The van der Waals surface area contributed by atoms with Crippen LogP contribution in [0.1, 0.15) is 22.8 Å². The van der Waals surface area contributed by atoms with Gasteiger partial charge in [0.25, 0.3) is 5.91 Å². The third-order valence-electron chi connectivity index (χ3n) is 4.45. The molecular formula is C21H23ClN4O4S. The molecule has 1 aromatic heterocycles. The SMILES string of the molecule is CCOc1ccc(NC(=O)c2cnn(Cc3ccccc3Cl)c2)cc1S(=O)(=O)N(C)C. The van der Waals surface area contributed by atoms with Crippen LogP contribution in [0.2, 0.25) is 5.02 Å². The van der Waals surface area contributed by atoms with Gasteiger partial charge < -0.3 is 10.1 Å². The van der Waals surface area contributed by atoms with Gasteiger partial charge in [-0.2, -0.15) is 5.10 Å². The fraction of sp³-hybridized carbons (Fsp3) is 0.238. The number of sulfonamides is 1. The van der Waals surface area contributed by atoms with E-state index in [0.717, 1.165) is 9.87 Å². The van der Waals surface area contributed by atoms with E-state index in [0.29, 0.717) is 29.4 Å². The van der Waals surface area contributed by atoms with E-state index in [-0.39, 0.29) is 10.6 Å². The van der Waals surface area contributed by atoms with Gasteiger partial charge >= 0.3 is 0 Å². The Balaban J connectivity index is 1.81. The van der Waals surface area contributed by atoms with Gasteiger partial charge in [0.05, 0.1) is 24.9 Å². The Bertz CT molecular complexity index is 1190. The van der Waals surface area contributed by atoms with E-state index in [4.69, 9.17) is 16.3 Å². The number of nitrogens with one attached hydrogen (secondary N) is 1. The molecule has 0 aliphatic rings. The molecule has 3 aromatic rings. The lowest BCUT2D eigenvalue weighted by Crippen LogP contribution is -2.23. The van der Waals surface area contributed by atoms with Crippen LogP contribution in [0.5, 0.6) is 5.75 Å². The molecule has 1 N–H and O–H groups in total. The van der Waals surface area contributed by atoms with Crippen molar-refractivity contribution in [3.05, 3.63) is 71.0 Å². The van der Waals surface area contributed by atoms with Crippen molar-refractivity contribution in [3.63, 3.8) is 0 Å². The lowest BCUT2D eigenvalue weighted by molar-refractivity contribution is 0.102. The minimum atomic E-state index is -3.76. The second-order valence-corrected chi connectivity index (χ2v) is 9.38. The maximum atomic E-state index is 12.7. The monoisotopic (exact) mass is 462 g/mol. The number of aromatic nitrogens is 2. The molecule has 0 aliphatic carbocycles. The summed E-state index contributed by atoms with van der Waals surface area (Å²) < 4.78 is 33.4. The largest absolute Gasteiger partial charge is 0.492 e. The third-order valence-corrected chi connectivity index (χ3v) is 6.65. The van der Waals surface area contributed by atoms with Gasteiger partial charge in [-0.3, -0.25) is 9.48 Å². The number of carbonyl (C=O) groups excluding carboxylic acids is 1. The van der Waals surface area contributed by atoms with Crippen molar-refractivity contribution in [2.24, 2.45) is 0 Å². The number of anilines is 1. The lowest BCUT2D eigenvalue weighted by atomic mass is 10.2. The molecule has 1 amide bonds. The van der Waals surface area contributed by atoms with Gasteiger partial charge in [0.1, 0.15) is 10.6 Å². The molecule has 0 aliphatic heterocycles. The summed E-state index contributed by atoms with van der Waals surface area (Å²) >= 11 is 6.18. The molecule has 0 saturated carbocycles. The summed E-state index contributed by atoms with van der Waals surface area (Å²) in [5.41, 5.74) is 1.54. The Labute approximate surface area is 186 Å². The Morgan fingerprint density at radius 3 is 2.65 bits per heavy atom. The predicted octanol–water partition coefficient (Wildman–Crippen LogP) is 3.49. The molecule has 1 heterocycles. The van der Waals surface area contributed by atoms with E-state index < -0.39 is 15.9 Å². The van der Waals surface area contributed by atoms with Gasteiger partial charge in [0, 0.05) is 31.0 Å². The van der Waals surface area contributed by atoms with Crippen molar-refractivity contribution < 1.29 is 17.9 Å². The molecular weight excluding hydrogens is 440 g/mol. The molecule has 0 atom stereocenters. The predicted molar refractivity (Wildman–Crippen MR) is 119 cm³/mol. The number of ether oxygens (including phenoxy) is 1. The zero-order chi connectivity index (χ0) is 22.6. The van der Waals surface area contributed by atoms with Gasteiger partial charge in [-0.15, -0.1) is 0 Å². The van der Waals surface area contributed by atoms with Crippen LogP contribution in [0.25, 0.3) is 0 Å². The molecule has 0 fully saturated rings. The fourth-order valence-corrected chi connectivity index (χ4v) is 4.08. The second-order valence-electron chi connectivity index (χ2n) is 6.85. The minimum absolute atomic E-state index is 0.0217. The number of hydrogen-bond acceptors (Lipinski definition) is 5. The Kier molecular flexibility index (Phi) is 6.99. The first-order chi connectivity index (χ1) is 14.7. The number of benzene rings is 2. The summed E-state index contributed by atoms with van der Waals surface area (Å²) in [7, 11) is -0.891. The van der Waals surface area contributed by atoms with Crippen molar-refractivity contribution in [1.29, 1.82) is 0 Å². The highest BCUT2D eigenvalue weighted by Crippen LogP contribution is 2.29. The van der Waals surface area contributed by atoms with Crippen molar-refractivity contribution in [2.75, 3.05) is 26.0 Å². The Morgan fingerprint density at radius 1 is 1.23 bits per heavy atom. The Hall–Kier alpha value is -2.88. The van der Waals surface area contributed by atoms with E-state index in [1.807, 2.05) is 18.2 Å². The normalized spacial score (nSPS) is 11.5. The average molecular weight is 463 g/mol. The molecule has 31 heavy (non-hydrogen) atoms. The van der Waals surface area contributed by atoms with E-state index in [1.165, 1.54) is 32.4 Å². The Morgan fingerprint density at radius 2 is 1.97 bits per heavy atom. The van der Waals surface area contributed by atoms with E-state index in [9.17, 15) is 13.2 Å². The summed E-state index contributed by atoms with van der Waals surface area (Å²) in [4.78, 5) is 12.6. The maximum Gasteiger partial charge on any atom is 0.258 e. The molecule has 10 heteroatoms. The first kappa shape index (κ1) is 22.8. The number of rotatable bonds is 8. The van der Waals surface area contributed by atoms with Crippen LogP contribution in [0.3, 0.4) is 0 Å². The molecule has 0 unspecified atom stereocenters. The van der Waals surface area contributed by atoms with E-state index in [1.54, 1.807) is 29.9 Å². The molecule has 0 spiro atoms. The maximum absolute atomic E-state index is 12.7. The molecule has 164 valence electrons. The summed E-state index contributed by atoms with van der Waals surface area (Å²) in [6.07, 6.45) is 3.04. The first-order valence-electron chi connectivity index (χ1n) is 9.49. The second kappa shape index (κ2) is 9.51. The molecule has 3 rings (SSSR count). The van der Waals surface area contributed by atoms with Crippen LogP contribution in [0.15, 0.2) is 59.8 Å². The van der Waals surface area contributed by atoms with Gasteiger partial charge in [-0.25, -0.2) is 12.7 Å². The first-order valence-corrected chi connectivity index (χ1v) is 11.3. The highest BCUT2D eigenvalue weighted by Gasteiger charge is 2.23. The van der Waals surface area contributed by atoms with Gasteiger partial charge in [-0.1, -0.05) is 29.8 Å². The highest BCUT2D eigenvalue weighted by molar-refractivity contribution is 7.89. The van der Waals surface area contributed by atoms with Crippen molar-refractivity contribution in [2.45, 2.75) is 18.4 Å². The van der Waals surface area contributed by atoms with Crippen LogP contribution in [0, 0.1) is 0 Å².